The van der Waals surface area contributed by atoms with E-state index >= 15 is 0 Å². The fourth-order valence-corrected chi connectivity index (χ4v) is 2.74. The van der Waals surface area contributed by atoms with Crippen LogP contribution in [-0.2, 0) is 0 Å². The Hall–Kier alpha value is -2.97. The lowest BCUT2D eigenvalue weighted by Gasteiger charge is -2.08. The minimum atomic E-state index is 0.584. The van der Waals surface area contributed by atoms with Crippen molar-refractivity contribution in [2.24, 2.45) is 0 Å². The van der Waals surface area contributed by atoms with Gasteiger partial charge in [0.1, 0.15) is 0 Å². The van der Waals surface area contributed by atoms with Crippen molar-refractivity contribution in [2.45, 2.75) is 0 Å². The average molecular weight is 306 g/mol. The molecule has 0 saturated heterocycles. The number of fused-ring (bicyclic) bond motifs is 3. The Kier molecular flexibility index (Phi) is 2.78. The van der Waals surface area contributed by atoms with Gasteiger partial charge in [0.25, 0.3) is 0 Å². The van der Waals surface area contributed by atoms with Crippen molar-refractivity contribution in [3.05, 3.63) is 59.1 Å². The van der Waals surface area contributed by atoms with E-state index in [4.69, 9.17) is 11.6 Å². The van der Waals surface area contributed by atoms with Gasteiger partial charge in [-0.3, -0.25) is 0 Å². The van der Waals surface area contributed by atoms with Crippen LogP contribution in [0.4, 0.5) is 0 Å². The van der Waals surface area contributed by atoms with Crippen molar-refractivity contribution < 1.29 is 0 Å². The second kappa shape index (κ2) is 4.79. The normalized spacial score (nSPS) is 10.9. The molecule has 0 bridgehead atoms. The molecule has 0 amide bonds. The highest BCUT2D eigenvalue weighted by Crippen LogP contribution is 2.31. The maximum atomic E-state index is 9.33. The van der Waals surface area contributed by atoms with Crippen molar-refractivity contribution in [3.63, 3.8) is 0 Å². The van der Waals surface area contributed by atoms with Crippen molar-refractivity contribution in [1.82, 2.24) is 20.0 Å². The van der Waals surface area contributed by atoms with Gasteiger partial charge in [0, 0.05) is 21.5 Å². The van der Waals surface area contributed by atoms with Crippen LogP contribution < -0.4 is 0 Å². The molecule has 0 spiro atoms. The molecule has 2 aromatic carbocycles. The molecule has 0 aliphatic carbocycles. The molecule has 2 heterocycles. The SMILES string of the molecule is N#Cc1ccccc1-c1cc2ccc(Cl)cc2n2nnnc12. The second-order valence-corrected chi connectivity index (χ2v) is 5.27. The third-order valence-corrected chi connectivity index (χ3v) is 3.80. The molecule has 22 heavy (non-hydrogen) atoms. The predicted octanol–water partition coefficient (Wildman–Crippen LogP) is 3.47. The minimum absolute atomic E-state index is 0.584. The number of hydrogen-bond donors (Lipinski definition) is 0. The summed E-state index contributed by atoms with van der Waals surface area (Å²) in [6.45, 7) is 0. The Morgan fingerprint density at radius 1 is 1.05 bits per heavy atom. The molecule has 0 fully saturated rings. The summed E-state index contributed by atoms with van der Waals surface area (Å²) >= 11 is 6.07. The number of halogens is 1. The van der Waals surface area contributed by atoms with E-state index in [2.05, 4.69) is 21.6 Å². The van der Waals surface area contributed by atoms with E-state index in [1.807, 2.05) is 42.5 Å². The van der Waals surface area contributed by atoms with Gasteiger partial charge >= 0.3 is 0 Å². The van der Waals surface area contributed by atoms with Crippen molar-refractivity contribution in [2.75, 3.05) is 0 Å². The molecule has 0 atom stereocenters. The molecule has 0 saturated carbocycles. The Morgan fingerprint density at radius 2 is 1.91 bits per heavy atom. The van der Waals surface area contributed by atoms with Gasteiger partial charge in [-0.2, -0.15) is 9.78 Å². The molecule has 0 aliphatic rings. The smallest absolute Gasteiger partial charge is 0.187 e. The van der Waals surface area contributed by atoms with E-state index in [1.165, 1.54) is 0 Å². The quantitative estimate of drug-likeness (QED) is 0.540. The first kappa shape index (κ1) is 12.7. The highest BCUT2D eigenvalue weighted by molar-refractivity contribution is 6.31. The molecule has 0 radical (unpaired) electrons. The summed E-state index contributed by atoms with van der Waals surface area (Å²) in [6.07, 6.45) is 0. The van der Waals surface area contributed by atoms with Crippen LogP contribution in [0.3, 0.4) is 0 Å². The maximum absolute atomic E-state index is 9.33. The van der Waals surface area contributed by atoms with E-state index in [0.29, 0.717) is 16.2 Å². The molecule has 5 nitrogen and oxygen atoms in total. The van der Waals surface area contributed by atoms with E-state index < -0.39 is 0 Å². The molecule has 104 valence electrons. The Balaban J connectivity index is 2.16. The molecular weight excluding hydrogens is 298 g/mol. The second-order valence-electron chi connectivity index (χ2n) is 4.83. The monoisotopic (exact) mass is 305 g/mol. The number of nitriles is 1. The van der Waals surface area contributed by atoms with Crippen LogP contribution in [0.5, 0.6) is 0 Å². The summed E-state index contributed by atoms with van der Waals surface area (Å²) in [6, 6.07) is 17.1. The average Bonchev–Trinajstić information content (AvgIpc) is 3.04. The molecule has 4 rings (SSSR count). The van der Waals surface area contributed by atoms with Crippen LogP contribution in [-0.4, -0.2) is 20.0 Å². The molecule has 0 unspecified atom stereocenters. The molecule has 6 heteroatoms. The summed E-state index contributed by atoms with van der Waals surface area (Å²) in [7, 11) is 0. The number of rotatable bonds is 1. The predicted molar refractivity (Wildman–Crippen MR) is 83.4 cm³/mol. The molecule has 0 aliphatic heterocycles. The van der Waals surface area contributed by atoms with Crippen LogP contribution in [0.15, 0.2) is 48.5 Å². The first-order chi connectivity index (χ1) is 10.8. The van der Waals surface area contributed by atoms with Gasteiger partial charge in [0.15, 0.2) is 5.65 Å². The van der Waals surface area contributed by atoms with Crippen molar-refractivity contribution in [1.29, 1.82) is 5.26 Å². The van der Waals surface area contributed by atoms with Gasteiger partial charge in [-0.25, -0.2) is 0 Å². The van der Waals surface area contributed by atoms with E-state index in [-0.39, 0.29) is 0 Å². The van der Waals surface area contributed by atoms with Crippen LogP contribution in [0.25, 0.3) is 27.7 Å². The zero-order valence-corrected chi connectivity index (χ0v) is 12.0. The van der Waals surface area contributed by atoms with Gasteiger partial charge < -0.3 is 0 Å². The topological polar surface area (TPSA) is 66.9 Å². The minimum Gasteiger partial charge on any atom is -0.192 e. The number of hydrogen-bond acceptors (Lipinski definition) is 4. The van der Waals surface area contributed by atoms with E-state index in [9.17, 15) is 5.26 Å². The van der Waals surface area contributed by atoms with Gasteiger partial charge in [-0.15, -0.1) is 5.10 Å². The third kappa shape index (κ3) is 1.82. The fourth-order valence-electron chi connectivity index (χ4n) is 2.57. The fraction of sp³-hybridized carbons (Fsp3) is 0. The van der Waals surface area contributed by atoms with Crippen LogP contribution in [0.2, 0.25) is 5.02 Å². The number of aromatic nitrogens is 4. The first-order valence-corrected chi connectivity index (χ1v) is 6.95. The molecular formula is C16H8ClN5. The largest absolute Gasteiger partial charge is 0.192 e. The summed E-state index contributed by atoms with van der Waals surface area (Å²) in [5.74, 6) is 0. The zero-order chi connectivity index (χ0) is 15.1. The number of pyridine rings is 1. The number of nitrogens with zero attached hydrogens (tertiary/aromatic N) is 5. The molecule has 2 aromatic heterocycles. The van der Waals surface area contributed by atoms with Crippen molar-refractivity contribution in [3.8, 4) is 17.2 Å². The summed E-state index contributed by atoms with van der Waals surface area (Å²) < 4.78 is 1.64. The summed E-state index contributed by atoms with van der Waals surface area (Å²) in [5.41, 5.74) is 3.63. The van der Waals surface area contributed by atoms with Crippen LogP contribution >= 0.6 is 11.6 Å². The maximum Gasteiger partial charge on any atom is 0.187 e. The highest BCUT2D eigenvalue weighted by atomic mass is 35.5. The lowest BCUT2D eigenvalue weighted by atomic mass is 10.00. The third-order valence-electron chi connectivity index (χ3n) is 3.57. The zero-order valence-electron chi connectivity index (χ0n) is 11.2. The summed E-state index contributed by atoms with van der Waals surface area (Å²) in [5, 5.41) is 22.8. The molecule has 4 aromatic rings. The summed E-state index contributed by atoms with van der Waals surface area (Å²) in [4.78, 5) is 0. The van der Waals surface area contributed by atoms with Gasteiger partial charge in [0.2, 0.25) is 0 Å². The standard InChI is InChI=1S/C16H8ClN5/c17-12-6-5-10-7-14(13-4-2-1-3-11(13)9-18)16-19-20-21-22(16)15(10)8-12/h1-8H. The Morgan fingerprint density at radius 3 is 2.77 bits per heavy atom. The van der Waals surface area contributed by atoms with Gasteiger partial charge in [-0.05, 0) is 34.7 Å². The number of tetrazole rings is 1. The molecule has 0 N–H and O–H groups in total. The van der Waals surface area contributed by atoms with Crippen LogP contribution in [0, 0.1) is 11.3 Å². The highest BCUT2D eigenvalue weighted by Gasteiger charge is 2.14. The Labute approximate surface area is 130 Å². The Bertz CT molecular complexity index is 1060. The van der Waals surface area contributed by atoms with Crippen LogP contribution in [0.1, 0.15) is 5.56 Å². The number of benzene rings is 2. The van der Waals surface area contributed by atoms with E-state index in [0.717, 1.165) is 22.0 Å². The van der Waals surface area contributed by atoms with E-state index in [1.54, 1.807) is 10.6 Å². The van der Waals surface area contributed by atoms with Crippen molar-refractivity contribution >= 4 is 28.2 Å². The first-order valence-electron chi connectivity index (χ1n) is 6.58. The lowest BCUT2D eigenvalue weighted by Crippen LogP contribution is -1.95. The van der Waals surface area contributed by atoms with Gasteiger partial charge in [0.05, 0.1) is 17.1 Å². The van der Waals surface area contributed by atoms with Gasteiger partial charge in [-0.1, -0.05) is 35.9 Å². The lowest BCUT2D eigenvalue weighted by molar-refractivity contribution is 0.842.